The maximum absolute atomic E-state index is 6.36. The molecule has 0 bridgehead atoms. The number of benzene rings is 1. The number of methoxy groups -OCH3 is 2. The van der Waals surface area contributed by atoms with Crippen LogP contribution in [0.3, 0.4) is 0 Å². The maximum atomic E-state index is 6.36. The summed E-state index contributed by atoms with van der Waals surface area (Å²) in [4.78, 5) is 9.44. The fraction of sp³-hybridized carbons (Fsp3) is 0.667. The summed E-state index contributed by atoms with van der Waals surface area (Å²) in [7, 11) is 3.32. The van der Waals surface area contributed by atoms with Crippen LogP contribution in [0.25, 0.3) is 0 Å². The molecule has 2 unspecified atom stereocenters. The molecule has 1 aromatic rings. The van der Waals surface area contributed by atoms with Gasteiger partial charge >= 0.3 is 0 Å². The zero-order chi connectivity index (χ0) is 19.9. The molecule has 0 radical (unpaired) electrons. The number of ether oxygens (including phenoxy) is 3. The third kappa shape index (κ3) is 6.36. The van der Waals surface area contributed by atoms with E-state index < -0.39 is 0 Å². The molecule has 0 spiro atoms. The van der Waals surface area contributed by atoms with E-state index >= 15 is 0 Å². The van der Waals surface area contributed by atoms with Gasteiger partial charge in [0.2, 0.25) is 0 Å². The number of morpholine rings is 1. The van der Waals surface area contributed by atoms with E-state index in [1.807, 2.05) is 12.1 Å². The van der Waals surface area contributed by atoms with E-state index in [1.54, 1.807) is 14.2 Å². The second-order valence-electron chi connectivity index (χ2n) is 7.67. The van der Waals surface area contributed by atoms with Crippen LogP contribution < -0.4 is 15.2 Å². The number of guanidine groups is 1. The quantitative estimate of drug-likeness (QED) is 0.355. The average Bonchev–Trinajstić information content (AvgIpc) is 2.74. The number of hydrogen-bond acceptors (Lipinski definition) is 5. The van der Waals surface area contributed by atoms with Crippen LogP contribution in [0.15, 0.2) is 23.2 Å². The van der Waals surface area contributed by atoms with Gasteiger partial charge in [0.15, 0.2) is 17.5 Å². The highest BCUT2D eigenvalue weighted by atomic mass is 127. The lowest BCUT2D eigenvalue weighted by Gasteiger charge is -2.35. The largest absolute Gasteiger partial charge is 0.493 e. The Bertz CT molecular complexity index is 667. The van der Waals surface area contributed by atoms with Crippen molar-refractivity contribution in [2.24, 2.45) is 16.6 Å². The van der Waals surface area contributed by atoms with Gasteiger partial charge in [-0.05, 0) is 36.5 Å². The highest BCUT2D eigenvalue weighted by Gasteiger charge is 2.24. The average molecular weight is 518 g/mol. The lowest BCUT2D eigenvalue weighted by atomic mass is 10.0. The molecule has 164 valence electrons. The zero-order valence-corrected chi connectivity index (χ0v) is 20.1. The third-order valence-corrected chi connectivity index (χ3v) is 5.69. The lowest BCUT2D eigenvalue weighted by molar-refractivity contribution is 0.0179. The zero-order valence-electron chi connectivity index (χ0n) is 17.8. The second-order valence-corrected chi connectivity index (χ2v) is 7.67. The Balaban J connectivity index is 0.00000300. The van der Waals surface area contributed by atoms with E-state index in [4.69, 9.17) is 24.9 Å². The van der Waals surface area contributed by atoms with E-state index in [-0.39, 0.29) is 30.0 Å². The van der Waals surface area contributed by atoms with Crippen LogP contribution in [0.4, 0.5) is 0 Å². The normalized spacial score (nSPS) is 22.0. The van der Waals surface area contributed by atoms with Crippen LogP contribution in [-0.2, 0) is 4.74 Å². The molecule has 2 N–H and O–H groups in total. The molecule has 7 nitrogen and oxygen atoms in total. The van der Waals surface area contributed by atoms with Gasteiger partial charge in [0.05, 0.1) is 40.0 Å². The summed E-state index contributed by atoms with van der Waals surface area (Å²) in [6, 6.07) is 6.23. The molecule has 0 amide bonds. The summed E-state index contributed by atoms with van der Waals surface area (Å²) in [6.07, 6.45) is 2.45. The number of nitrogens with two attached hydrogens (primary N) is 1. The molecule has 3 rings (SSSR count). The summed E-state index contributed by atoms with van der Waals surface area (Å²) in [5.41, 5.74) is 7.51. The lowest BCUT2D eigenvalue weighted by Crippen LogP contribution is -2.44. The Labute approximate surface area is 191 Å². The molecular formula is C21H35IN4O3. The standard InChI is InChI=1S/C21H34N4O3.HI/c1-16-5-4-8-25(15-16)21(22)23-14-18(24-9-11-28-12-10-24)17-6-7-19(26-2)20(13-17)27-3;/h6-7,13,16,18H,4-5,8-12,14-15H2,1-3H3,(H2,22,23);1H. The Kier molecular flexibility index (Phi) is 9.78. The van der Waals surface area contributed by atoms with Gasteiger partial charge in [-0.1, -0.05) is 13.0 Å². The van der Waals surface area contributed by atoms with Crippen LogP contribution in [0.1, 0.15) is 31.4 Å². The Morgan fingerprint density at radius 2 is 1.93 bits per heavy atom. The number of nitrogens with zero attached hydrogens (tertiary/aromatic N) is 3. The molecule has 0 aliphatic carbocycles. The first-order valence-corrected chi connectivity index (χ1v) is 10.2. The van der Waals surface area contributed by atoms with Crippen LogP contribution in [0.2, 0.25) is 0 Å². The summed E-state index contributed by atoms with van der Waals surface area (Å²) in [5.74, 6) is 2.80. The maximum Gasteiger partial charge on any atom is 0.191 e. The minimum absolute atomic E-state index is 0. The fourth-order valence-electron chi connectivity index (χ4n) is 4.06. The molecular weight excluding hydrogens is 483 g/mol. The molecule has 29 heavy (non-hydrogen) atoms. The minimum atomic E-state index is 0. The smallest absolute Gasteiger partial charge is 0.191 e. The summed E-state index contributed by atoms with van der Waals surface area (Å²) in [5, 5.41) is 0. The molecule has 1 aromatic carbocycles. The third-order valence-electron chi connectivity index (χ3n) is 5.69. The van der Waals surface area contributed by atoms with Crippen molar-refractivity contribution in [1.29, 1.82) is 0 Å². The monoisotopic (exact) mass is 518 g/mol. The van der Waals surface area contributed by atoms with Gasteiger partial charge < -0.3 is 24.8 Å². The molecule has 2 heterocycles. The Morgan fingerprint density at radius 1 is 1.21 bits per heavy atom. The van der Waals surface area contributed by atoms with E-state index in [1.165, 1.54) is 12.8 Å². The Hall–Kier alpha value is -1.26. The van der Waals surface area contributed by atoms with Crippen LogP contribution in [0, 0.1) is 5.92 Å². The predicted molar refractivity (Wildman–Crippen MR) is 127 cm³/mol. The first-order chi connectivity index (χ1) is 13.6. The number of likely N-dealkylation sites (tertiary alicyclic amines) is 1. The van der Waals surface area contributed by atoms with Crippen molar-refractivity contribution >= 4 is 29.9 Å². The van der Waals surface area contributed by atoms with Gasteiger partial charge in [0, 0.05) is 26.2 Å². The van der Waals surface area contributed by atoms with Crippen molar-refractivity contribution < 1.29 is 14.2 Å². The SMILES string of the molecule is COc1ccc(C(CN=C(N)N2CCCC(C)C2)N2CCOCC2)cc1OC.I. The van der Waals surface area contributed by atoms with Crippen LogP contribution in [-0.4, -0.2) is 75.9 Å². The molecule has 0 aromatic heterocycles. The highest BCUT2D eigenvalue weighted by molar-refractivity contribution is 14.0. The number of piperidine rings is 1. The van der Waals surface area contributed by atoms with Crippen LogP contribution in [0.5, 0.6) is 11.5 Å². The molecule has 8 heteroatoms. The van der Waals surface area contributed by atoms with Gasteiger partial charge in [-0.25, -0.2) is 0 Å². The molecule has 2 atom stereocenters. The number of rotatable bonds is 6. The Morgan fingerprint density at radius 3 is 2.59 bits per heavy atom. The second kappa shape index (κ2) is 11.8. The molecule has 2 aliphatic heterocycles. The molecule has 2 fully saturated rings. The number of hydrogen-bond donors (Lipinski definition) is 1. The van der Waals surface area contributed by atoms with E-state index in [2.05, 4.69) is 22.8 Å². The van der Waals surface area contributed by atoms with Crippen molar-refractivity contribution in [1.82, 2.24) is 9.80 Å². The van der Waals surface area contributed by atoms with Crippen molar-refractivity contribution in [3.8, 4) is 11.5 Å². The molecule has 2 saturated heterocycles. The number of halogens is 1. The first-order valence-electron chi connectivity index (χ1n) is 10.2. The van der Waals surface area contributed by atoms with Crippen LogP contribution >= 0.6 is 24.0 Å². The summed E-state index contributed by atoms with van der Waals surface area (Å²) in [6.45, 7) is 8.14. The van der Waals surface area contributed by atoms with E-state index in [0.717, 1.165) is 56.5 Å². The minimum Gasteiger partial charge on any atom is -0.493 e. The summed E-state index contributed by atoms with van der Waals surface area (Å²) >= 11 is 0. The van der Waals surface area contributed by atoms with Gasteiger partial charge in [0.1, 0.15) is 0 Å². The molecule has 2 aliphatic rings. The fourth-order valence-corrected chi connectivity index (χ4v) is 4.06. The topological polar surface area (TPSA) is 72.6 Å². The van der Waals surface area contributed by atoms with Gasteiger partial charge in [-0.2, -0.15) is 0 Å². The highest BCUT2D eigenvalue weighted by Crippen LogP contribution is 2.32. The summed E-state index contributed by atoms with van der Waals surface area (Å²) < 4.78 is 16.4. The van der Waals surface area contributed by atoms with Gasteiger partial charge in [0.25, 0.3) is 0 Å². The van der Waals surface area contributed by atoms with Gasteiger partial charge in [-0.15, -0.1) is 24.0 Å². The van der Waals surface area contributed by atoms with E-state index in [9.17, 15) is 0 Å². The van der Waals surface area contributed by atoms with Crippen molar-refractivity contribution in [2.75, 3.05) is 60.2 Å². The van der Waals surface area contributed by atoms with E-state index in [0.29, 0.717) is 18.4 Å². The van der Waals surface area contributed by atoms with Crippen molar-refractivity contribution in [3.05, 3.63) is 23.8 Å². The predicted octanol–water partition coefficient (Wildman–Crippen LogP) is 2.74. The first kappa shape index (κ1) is 24.0. The van der Waals surface area contributed by atoms with Crippen molar-refractivity contribution in [3.63, 3.8) is 0 Å². The molecule has 0 saturated carbocycles. The van der Waals surface area contributed by atoms with Gasteiger partial charge in [-0.3, -0.25) is 9.89 Å². The number of aliphatic imine (C=N–C) groups is 1. The van der Waals surface area contributed by atoms with Crippen molar-refractivity contribution in [2.45, 2.75) is 25.8 Å².